The summed E-state index contributed by atoms with van der Waals surface area (Å²) in [6.45, 7) is 9.28. The van der Waals surface area contributed by atoms with E-state index >= 15 is 0 Å². The van der Waals surface area contributed by atoms with Gasteiger partial charge < -0.3 is 5.32 Å². The summed E-state index contributed by atoms with van der Waals surface area (Å²) in [6, 6.07) is 0. The van der Waals surface area contributed by atoms with Gasteiger partial charge in [0, 0.05) is 11.5 Å². The lowest BCUT2D eigenvalue weighted by atomic mass is 10.0. The van der Waals surface area contributed by atoms with Crippen molar-refractivity contribution in [2.24, 2.45) is 5.92 Å². The molecule has 1 N–H and O–H groups in total. The highest BCUT2D eigenvalue weighted by Gasteiger charge is 2.17. The topological polar surface area (TPSA) is 46.2 Å². The number of amides is 1. The highest BCUT2D eigenvalue weighted by atomic mass is 16.2. The molecule has 0 unspecified atom stereocenters. The smallest absolute Gasteiger partial charge is 0.227 e. The summed E-state index contributed by atoms with van der Waals surface area (Å²) in [5, 5.41) is 2.75. The molecule has 0 spiro atoms. The van der Waals surface area contributed by atoms with Crippen molar-refractivity contribution in [3.05, 3.63) is 0 Å². The fraction of sp³-hybridized carbons (Fsp3) is 0.800. The summed E-state index contributed by atoms with van der Waals surface area (Å²) < 4.78 is 0. The van der Waals surface area contributed by atoms with Crippen molar-refractivity contribution in [3.63, 3.8) is 0 Å². The minimum absolute atomic E-state index is 0.00502. The minimum atomic E-state index is -0.256. The molecule has 0 aromatic carbocycles. The van der Waals surface area contributed by atoms with Crippen LogP contribution in [0.1, 0.15) is 41.0 Å². The third-order valence-electron chi connectivity index (χ3n) is 1.49. The molecule has 0 radical (unpaired) electrons. The fourth-order valence-electron chi connectivity index (χ4n) is 0.825. The van der Waals surface area contributed by atoms with Gasteiger partial charge in [0.15, 0.2) is 0 Å². The van der Waals surface area contributed by atoms with Crippen LogP contribution < -0.4 is 5.32 Å². The number of Topliss-reactive ketones (excluding diaryl/α,β-unsaturated/α-hetero) is 1. The average molecular weight is 185 g/mol. The van der Waals surface area contributed by atoms with E-state index < -0.39 is 0 Å². The van der Waals surface area contributed by atoms with Gasteiger partial charge in [0.05, 0.1) is 6.42 Å². The number of ketones is 1. The van der Waals surface area contributed by atoms with E-state index in [1.807, 2.05) is 20.8 Å². The largest absolute Gasteiger partial charge is 0.351 e. The highest BCUT2D eigenvalue weighted by molar-refractivity contribution is 5.98. The molecule has 0 aromatic rings. The quantitative estimate of drug-likeness (QED) is 0.677. The van der Waals surface area contributed by atoms with E-state index in [0.29, 0.717) is 0 Å². The zero-order valence-corrected chi connectivity index (χ0v) is 9.10. The average Bonchev–Trinajstić information content (AvgIpc) is 1.81. The van der Waals surface area contributed by atoms with E-state index in [1.165, 1.54) is 0 Å². The lowest BCUT2D eigenvalue weighted by Gasteiger charge is -2.20. The zero-order chi connectivity index (χ0) is 10.6. The molecular formula is C10H19NO2. The Morgan fingerprint density at radius 3 is 2.00 bits per heavy atom. The molecule has 0 saturated carbocycles. The van der Waals surface area contributed by atoms with Crippen molar-refractivity contribution >= 4 is 11.7 Å². The molecule has 3 heteroatoms. The fourth-order valence-corrected chi connectivity index (χ4v) is 0.825. The van der Waals surface area contributed by atoms with E-state index in [0.717, 1.165) is 0 Å². The second-order valence-corrected chi connectivity index (χ2v) is 4.60. The van der Waals surface area contributed by atoms with Gasteiger partial charge in [-0.2, -0.15) is 0 Å². The van der Waals surface area contributed by atoms with Crippen molar-refractivity contribution in [2.75, 3.05) is 0 Å². The van der Waals surface area contributed by atoms with Crippen LogP contribution in [0, 0.1) is 5.92 Å². The Hall–Kier alpha value is -0.860. The molecule has 3 nitrogen and oxygen atoms in total. The third kappa shape index (κ3) is 6.31. The molecule has 0 aliphatic heterocycles. The van der Waals surface area contributed by atoms with Gasteiger partial charge in [-0.3, -0.25) is 9.59 Å². The van der Waals surface area contributed by atoms with Gasteiger partial charge in [0.25, 0.3) is 0 Å². The Morgan fingerprint density at radius 1 is 1.23 bits per heavy atom. The zero-order valence-electron chi connectivity index (χ0n) is 9.10. The van der Waals surface area contributed by atoms with Gasteiger partial charge in [-0.15, -0.1) is 0 Å². The van der Waals surface area contributed by atoms with Crippen LogP contribution in [0.5, 0.6) is 0 Å². The van der Waals surface area contributed by atoms with Gasteiger partial charge >= 0.3 is 0 Å². The summed E-state index contributed by atoms with van der Waals surface area (Å²) in [7, 11) is 0. The molecule has 0 fully saturated rings. The molecule has 76 valence electrons. The maximum atomic E-state index is 11.2. The molecular weight excluding hydrogens is 166 g/mol. The van der Waals surface area contributed by atoms with Crippen molar-refractivity contribution < 1.29 is 9.59 Å². The van der Waals surface area contributed by atoms with E-state index in [4.69, 9.17) is 0 Å². The number of carbonyl (C=O) groups is 2. The Kier molecular flexibility index (Phi) is 4.11. The Balaban J connectivity index is 3.96. The maximum Gasteiger partial charge on any atom is 0.227 e. The molecule has 0 atom stereocenters. The van der Waals surface area contributed by atoms with Crippen molar-refractivity contribution in [2.45, 2.75) is 46.6 Å². The van der Waals surface area contributed by atoms with Crippen LogP contribution in [-0.2, 0) is 9.59 Å². The molecule has 13 heavy (non-hydrogen) atoms. The van der Waals surface area contributed by atoms with Crippen LogP contribution in [0.3, 0.4) is 0 Å². The first kappa shape index (κ1) is 12.1. The van der Waals surface area contributed by atoms with E-state index in [9.17, 15) is 9.59 Å². The summed E-state index contributed by atoms with van der Waals surface area (Å²) >= 11 is 0. The lowest BCUT2D eigenvalue weighted by molar-refractivity contribution is -0.130. The number of rotatable bonds is 3. The molecule has 0 heterocycles. The lowest BCUT2D eigenvalue weighted by Crippen LogP contribution is -2.41. The molecule has 0 rings (SSSR count). The monoisotopic (exact) mass is 185 g/mol. The van der Waals surface area contributed by atoms with E-state index in [2.05, 4.69) is 5.32 Å². The molecule has 1 amide bonds. The van der Waals surface area contributed by atoms with Crippen molar-refractivity contribution in [1.82, 2.24) is 5.32 Å². The van der Waals surface area contributed by atoms with Gasteiger partial charge in [0.2, 0.25) is 5.91 Å². The second-order valence-electron chi connectivity index (χ2n) is 4.60. The van der Waals surface area contributed by atoms with Gasteiger partial charge in [-0.1, -0.05) is 13.8 Å². The van der Waals surface area contributed by atoms with Crippen LogP contribution in [0.25, 0.3) is 0 Å². The first-order chi connectivity index (χ1) is 5.72. The van der Waals surface area contributed by atoms with Crippen molar-refractivity contribution in [1.29, 1.82) is 0 Å². The SMILES string of the molecule is CC(C)C(=O)CC(=O)NC(C)(C)C. The number of hydrogen-bond acceptors (Lipinski definition) is 2. The third-order valence-corrected chi connectivity index (χ3v) is 1.49. The van der Waals surface area contributed by atoms with Crippen LogP contribution in [-0.4, -0.2) is 17.2 Å². The molecule has 0 bridgehead atoms. The highest BCUT2D eigenvalue weighted by Crippen LogP contribution is 2.02. The molecule has 0 aromatic heterocycles. The summed E-state index contributed by atoms with van der Waals surface area (Å²) in [4.78, 5) is 22.4. The minimum Gasteiger partial charge on any atom is -0.351 e. The predicted octanol–water partition coefficient (Wildman–Crippen LogP) is 1.52. The Labute approximate surface area is 79.9 Å². The Bertz CT molecular complexity index is 201. The first-order valence-corrected chi connectivity index (χ1v) is 4.56. The predicted molar refractivity (Wildman–Crippen MR) is 52.4 cm³/mol. The molecule has 0 aliphatic rings. The second kappa shape index (κ2) is 4.40. The standard InChI is InChI=1S/C10H19NO2/c1-7(2)8(12)6-9(13)11-10(3,4)5/h7H,6H2,1-5H3,(H,11,13). The normalized spacial score (nSPS) is 11.5. The van der Waals surface area contributed by atoms with Crippen LogP contribution in [0.4, 0.5) is 0 Å². The molecule has 0 saturated heterocycles. The van der Waals surface area contributed by atoms with Crippen LogP contribution >= 0.6 is 0 Å². The summed E-state index contributed by atoms with van der Waals surface area (Å²) in [6.07, 6.45) is -0.00502. The van der Waals surface area contributed by atoms with E-state index in [1.54, 1.807) is 13.8 Å². The van der Waals surface area contributed by atoms with Crippen LogP contribution in [0.15, 0.2) is 0 Å². The van der Waals surface area contributed by atoms with Gasteiger partial charge in [-0.25, -0.2) is 0 Å². The number of carbonyl (C=O) groups excluding carboxylic acids is 2. The summed E-state index contributed by atoms with van der Waals surface area (Å²) in [5.74, 6) is -0.265. The maximum absolute atomic E-state index is 11.2. The van der Waals surface area contributed by atoms with Crippen LogP contribution in [0.2, 0.25) is 0 Å². The van der Waals surface area contributed by atoms with Crippen molar-refractivity contribution in [3.8, 4) is 0 Å². The van der Waals surface area contributed by atoms with Gasteiger partial charge in [0.1, 0.15) is 5.78 Å². The molecule has 0 aliphatic carbocycles. The number of hydrogen-bond donors (Lipinski definition) is 1. The van der Waals surface area contributed by atoms with Gasteiger partial charge in [-0.05, 0) is 20.8 Å². The Morgan fingerprint density at radius 2 is 1.69 bits per heavy atom. The first-order valence-electron chi connectivity index (χ1n) is 4.56. The summed E-state index contributed by atoms with van der Waals surface area (Å²) in [5.41, 5.74) is -0.256. The number of nitrogens with one attached hydrogen (secondary N) is 1. The van der Waals surface area contributed by atoms with E-state index in [-0.39, 0.29) is 29.6 Å².